The molecule has 1 heterocycles. The third kappa shape index (κ3) is 3.33. The second kappa shape index (κ2) is 5.89. The Morgan fingerprint density at radius 3 is 2.27 bits per heavy atom. The molecule has 0 bridgehead atoms. The number of nitrogens with zero attached hydrogens (tertiary/aromatic N) is 1. The molecule has 1 heteroatoms. The lowest BCUT2D eigenvalue weighted by atomic mass is 10.0. The van der Waals surface area contributed by atoms with E-state index >= 15 is 0 Å². The van der Waals surface area contributed by atoms with Crippen molar-refractivity contribution in [3.05, 3.63) is 29.1 Å². The molecule has 0 radical (unpaired) electrons. The highest BCUT2D eigenvalue weighted by atomic mass is 14.7. The number of hydrogen-bond donors (Lipinski definition) is 0. The van der Waals surface area contributed by atoms with Gasteiger partial charge in [-0.2, -0.15) is 0 Å². The lowest BCUT2D eigenvalue weighted by molar-refractivity contribution is 0.770. The minimum atomic E-state index is 0.538. The van der Waals surface area contributed by atoms with Gasteiger partial charge in [0.2, 0.25) is 0 Å². The summed E-state index contributed by atoms with van der Waals surface area (Å²) in [4.78, 5) is 4.78. The van der Waals surface area contributed by atoms with Crippen LogP contribution in [0.4, 0.5) is 0 Å². The van der Waals surface area contributed by atoms with Crippen LogP contribution in [-0.4, -0.2) is 4.98 Å². The van der Waals surface area contributed by atoms with Gasteiger partial charge in [-0.25, -0.2) is 0 Å². The molecule has 1 rings (SSSR count). The van der Waals surface area contributed by atoms with Crippen molar-refractivity contribution in [1.29, 1.82) is 0 Å². The molecule has 0 aliphatic rings. The number of pyridine rings is 1. The molecular formula is C14H23N. The summed E-state index contributed by atoms with van der Waals surface area (Å²) in [6, 6.07) is 4.46. The van der Waals surface area contributed by atoms with Gasteiger partial charge in [0.05, 0.1) is 0 Å². The second-order valence-corrected chi connectivity index (χ2v) is 4.50. The van der Waals surface area contributed by atoms with Gasteiger partial charge in [-0.1, -0.05) is 46.6 Å². The lowest BCUT2D eigenvalue weighted by Crippen LogP contribution is -2.02. The summed E-state index contributed by atoms with van der Waals surface area (Å²) in [5.74, 6) is 0.538. The molecule has 0 aromatic carbocycles. The fourth-order valence-corrected chi connectivity index (χ4v) is 1.82. The molecule has 1 aromatic rings. The molecule has 0 unspecified atom stereocenters. The molecule has 0 amide bonds. The maximum atomic E-state index is 4.78. The Morgan fingerprint density at radius 1 is 1.07 bits per heavy atom. The van der Waals surface area contributed by atoms with Crippen LogP contribution in [0.2, 0.25) is 0 Å². The van der Waals surface area contributed by atoms with Crippen molar-refractivity contribution >= 4 is 0 Å². The van der Waals surface area contributed by atoms with Gasteiger partial charge >= 0.3 is 0 Å². The minimum Gasteiger partial charge on any atom is -0.257 e. The first-order valence-corrected chi connectivity index (χ1v) is 6.17. The van der Waals surface area contributed by atoms with Crippen molar-refractivity contribution in [3.63, 3.8) is 0 Å². The maximum absolute atomic E-state index is 4.78. The number of aromatic nitrogens is 1. The fraction of sp³-hybridized carbons (Fsp3) is 0.643. The first-order chi connectivity index (χ1) is 7.19. The molecule has 1 aromatic heterocycles. The molecule has 0 aliphatic carbocycles. The van der Waals surface area contributed by atoms with E-state index in [2.05, 4.69) is 39.8 Å². The first-order valence-electron chi connectivity index (χ1n) is 6.17. The van der Waals surface area contributed by atoms with Crippen molar-refractivity contribution < 1.29 is 0 Å². The van der Waals surface area contributed by atoms with Crippen molar-refractivity contribution in [1.82, 2.24) is 4.98 Å². The Labute approximate surface area is 93.9 Å². The summed E-state index contributed by atoms with van der Waals surface area (Å²) in [6.07, 6.45) is 4.68. The Morgan fingerprint density at radius 2 is 1.73 bits per heavy atom. The summed E-state index contributed by atoms with van der Waals surface area (Å²) in [6.45, 7) is 8.86. The van der Waals surface area contributed by atoms with Gasteiger partial charge in [-0.05, 0) is 30.4 Å². The molecule has 0 spiro atoms. The third-order valence-corrected chi connectivity index (χ3v) is 2.69. The van der Waals surface area contributed by atoms with Crippen molar-refractivity contribution in [2.75, 3.05) is 0 Å². The van der Waals surface area contributed by atoms with Crippen LogP contribution in [-0.2, 0) is 12.8 Å². The second-order valence-electron chi connectivity index (χ2n) is 4.50. The van der Waals surface area contributed by atoms with Gasteiger partial charge in [0, 0.05) is 11.4 Å². The number of aryl methyl sites for hydroxylation is 2. The van der Waals surface area contributed by atoms with Crippen LogP contribution >= 0.6 is 0 Å². The van der Waals surface area contributed by atoms with Gasteiger partial charge in [-0.15, -0.1) is 0 Å². The summed E-state index contributed by atoms with van der Waals surface area (Å²) < 4.78 is 0. The van der Waals surface area contributed by atoms with Gasteiger partial charge in [0.25, 0.3) is 0 Å². The standard InChI is InChI=1S/C14H23N/c1-5-7-12-9-10-13(11(3)4)15-14(12)8-6-2/h9-11H,5-8H2,1-4H3. The average molecular weight is 205 g/mol. The van der Waals surface area contributed by atoms with Crippen molar-refractivity contribution in [3.8, 4) is 0 Å². The number of rotatable bonds is 5. The highest BCUT2D eigenvalue weighted by molar-refractivity contribution is 5.24. The molecule has 0 saturated carbocycles. The highest BCUT2D eigenvalue weighted by Crippen LogP contribution is 2.17. The summed E-state index contributed by atoms with van der Waals surface area (Å²) in [5.41, 5.74) is 4.01. The van der Waals surface area contributed by atoms with Crippen LogP contribution in [0, 0.1) is 0 Å². The lowest BCUT2D eigenvalue weighted by Gasteiger charge is -2.11. The Kier molecular flexibility index (Phi) is 4.80. The summed E-state index contributed by atoms with van der Waals surface area (Å²) >= 11 is 0. The van der Waals surface area contributed by atoms with Crippen LogP contribution in [0.15, 0.2) is 12.1 Å². The molecule has 0 aliphatic heterocycles. The normalized spacial score (nSPS) is 11.0. The zero-order valence-corrected chi connectivity index (χ0v) is 10.5. The zero-order chi connectivity index (χ0) is 11.3. The summed E-state index contributed by atoms with van der Waals surface area (Å²) in [7, 11) is 0. The Bertz CT molecular complexity index is 302. The van der Waals surface area contributed by atoms with Gasteiger partial charge in [0.15, 0.2) is 0 Å². The monoisotopic (exact) mass is 205 g/mol. The van der Waals surface area contributed by atoms with Crippen LogP contribution in [0.5, 0.6) is 0 Å². The van der Waals surface area contributed by atoms with E-state index in [0.29, 0.717) is 5.92 Å². The van der Waals surface area contributed by atoms with Crippen LogP contribution in [0.25, 0.3) is 0 Å². The third-order valence-electron chi connectivity index (χ3n) is 2.69. The zero-order valence-electron chi connectivity index (χ0n) is 10.5. The molecule has 0 fully saturated rings. The van der Waals surface area contributed by atoms with E-state index in [4.69, 9.17) is 4.98 Å². The van der Waals surface area contributed by atoms with Crippen LogP contribution < -0.4 is 0 Å². The van der Waals surface area contributed by atoms with Crippen molar-refractivity contribution in [2.45, 2.75) is 59.3 Å². The quantitative estimate of drug-likeness (QED) is 0.705. The van der Waals surface area contributed by atoms with Crippen LogP contribution in [0.3, 0.4) is 0 Å². The Balaban J connectivity index is 2.97. The van der Waals surface area contributed by atoms with Gasteiger partial charge in [0.1, 0.15) is 0 Å². The minimum absolute atomic E-state index is 0.538. The maximum Gasteiger partial charge on any atom is 0.0438 e. The van der Waals surface area contributed by atoms with Crippen molar-refractivity contribution in [2.24, 2.45) is 0 Å². The molecule has 84 valence electrons. The molecular weight excluding hydrogens is 182 g/mol. The predicted octanol–water partition coefficient (Wildman–Crippen LogP) is 4.11. The average Bonchev–Trinajstić information content (AvgIpc) is 2.21. The van der Waals surface area contributed by atoms with E-state index < -0.39 is 0 Å². The molecule has 0 atom stereocenters. The van der Waals surface area contributed by atoms with Gasteiger partial charge < -0.3 is 0 Å². The molecule has 0 N–H and O–H groups in total. The number of hydrogen-bond acceptors (Lipinski definition) is 1. The van der Waals surface area contributed by atoms with E-state index in [1.165, 1.54) is 36.2 Å². The SMILES string of the molecule is CCCc1ccc(C(C)C)nc1CCC. The molecule has 15 heavy (non-hydrogen) atoms. The fourth-order valence-electron chi connectivity index (χ4n) is 1.82. The van der Waals surface area contributed by atoms with Gasteiger partial charge in [-0.3, -0.25) is 4.98 Å². The van der Waals surface area contributed by atoms with E-state index in [9.17, 15) is 0 Å². The van der Waals surface area contributed by atoms with E-state index in [1.54, 1.807) is 0 Å². The van der Waals surface area contributed by atoms with E-state index in [1.807, 2.05) is 0 Å². The first kappa shape index (κ1) is 12.2. The predicted molar refractivity (Wildman–Crippen MR) is 66.3 cm³/mol. The van der Waals surface area contributed by atoms with Crippen LogP contribution in [0.1, 0.15) is 63.4 Å². The Hall–Kier alpha value is -0.850. The smallest absolute Gasteiger partial charge is 0.0438 e. The summed E-state index contributed by atoms with van der Waals surface area (Å²) in [5, 5.41) is 0. The molecule has 1 nitrogen and oxygen atoms in total. The topological polar surface area (TPSA) is 12.9 Å². The van der Waals surface area contributed by atoms with E-state index in [-0.39, 0.29) is 0 Å². The highest BCUT2D eigenvalue weighted by Gasteiger charge is 2.06. The van der Waals surface area contributed by atoms with E-state index in [0.717, 1.165) is 6.42 Å². The molecule has 0 saturated heterocycles. The largest absolute Gasteiger partial charge is 0.257 e.